The first-order valence-electron chi connectivity index (χ1n) is 8.75. The van der Waals surface area contributed by atoms with Gasteiger partial charge >= 0.3 is 0 Å². The van der Waals surface area contributed by atoms with E-state index in [1.807, 2.05) is 13.8 Å². The summed E-state index contributed by atoms with van der Waals surface area (Å²) < 4.78 is 17.0. The zero-order valence-corrected chi connectivity index (χ0v) is 21.0. The van der Waals surface area contributed by atoms with Crippen LogP contribution in [0.1, 0.15) is 26.7 Å². The molecule has 0 unspecified atom stereocenters. The summed E-state index contributed by atoms with van der Waals surface area (Å²) in [6, 6.07) is 0. The van der Waals surface area contributed by atoms with Crippen LogP contribution in [0.25, 0.3) is 0 Å². The van der Waals surface area contributed by atoms with Gasteiger partial charge < -0.3 is 13.6 Å². The number of rotatable bonds is 10. The Balaban J connectivity index is 5.11. The van der Waals surface area contributed by atoms with Crippen LogP contribution in [0.3, 0.4) is 0 Å². The SMILES string of the molecule is C/C(CC(C/C(C)=N/O[Si](C)(C)C)=NO[Si](C)(C)C)=N\O[Si](C)(C)C. The van der Waals surface area contributed by atoms with Gasteiger partial charge in [-0.05, 0) is 72.8 Å². The fourth-order valence-corrected chi connectivity index (χ4v) is 2.68. The summed E-state index contributed by atoms with van der Waals surface area (Å²) in [5, 5.41) is 12.9. The average Bonchev–Trinajstić information content (AvgIpc) is 2.38. The summed E-state index contributed by atoms with van der Waals surface area (Å²) in [4.78, 5) is 0. The third kappa shape index (κ3) is 16.3. The van der Waals surface area contributed by atoms with E-state index in [-0.39, 0.29) is 0 Å². The minimum absolute atomic E-state index is 0.606. The van der Waals surface area contributed by atoms with Crippen molar-refractivity contribution in [1.29, 1.82) is 0 Å². The fourth-order valence-electron chi connectivity index (χ4n) is 1.41. The van der Waals surface area contributed by atoms with E-state index in [0.717, 1.165) is 17.1 Å². The number of nitrogens with zero attached hydrogens (tertiary/aromatic N) is 3. The highest BCUT2D eigenvalue weighted by Gasteiger charge is 2.19. The maximum Gasteiger partial charge on any atom is 0.278 e. The van der Waals surface area contributed by atoms with E-state index in [1.54, 1.807) is 0 Å². The quantitative estimate of drug-likeness (QED) is 0.277. The largest absolute Gasteiger partial charge is 0.456 e. The van der Waals surface area contributed by atoms with Crippen LogP contribution in [0, 0.1) is 0 Å². The monoisotopic (exact) mass is 403 g/mol. The normalized spacial score (nSPS) is 14.2. The Morgan fingerprint density at radius 2 is 0.840 bits per heavy atom. The zero-order valence-electron chi connectivity index (χ0n) is 18.0. The van der Waals surface area contributed by atoms with Crippen molar-refractivity contribution >= 4 is 42.1 Å². The fraction of sp³-hybridized carbons (Fsp3) is 0.812. The van der Waals surface area contributed by atoms with Gasteiger partial charge in [-0.15, -0.1) is 15.5 Å². The predicted molar refractivity (Wildman–Crippen MR) is 116 cm³/mol. The van der Waals surface area contributed by atoms with Gasteiger partial charge in [0.1, 0.15) is 0 Å². The van der Waals surface area contributed by atoms with Gasteiger partial charge in [-0.1, -0.05) is 0 Å². The molecule has 0 heterocycles. The van der Waals surface area contributed by atoms with Crippen molar-refractivity contribution < 1.29 is 13.6 Å². The van der Waals surface area contributed by atoms with Gasteiger partial charge in [0, 0.05) is 12.8 Å². The molecule has 0 N–H and O–H groups in total. The van der Waals surface area contributed by atoms with Crippen LogP contribution in [-0.4, -0.2) is 42.1 Å². The van der Waals surface area contributed by atoms with Crippen molar-refractivity contribution in [3.8, 4) is 0 Å². The summed E-state index contributed by atoms with van der Waals surface area (Å²) in [7, 11) is -5.09. The first-order chi connectivity index (χ1) is 11.1. The molecular formula is C16H37N3O3Si3. The molecule has 0 atom stereocenters. The van der Waals surface area contributed by atoms with Crippen LogP contribution < -0.4 is 0 Å². The van der Waals surface area contributed by atoms with Crippen LogP contribution >= 0.6 is 0 Å². The molecule has 0 aromatic heterocycles. The molecular weight excluding hydrogens is 366 g/mol. The highest BCUT2D eigenvalue weighted by molar-refractivity contribution is 6.70. The third-order valence-corrected chi connectivity index (χ3v) is 4.24. The van der Waals surface area contributed by atoms with Crippen molar-refractivity contribution in [2.24, 2.45) is 15.5 Å². The van der Waals surface area contributed by atoms with E-state index in [0.29, 0.717) is 12.8 Å². The Bertz CT molecular complexity index is 477. The summed E-state index contributed by atoms with van der Waals surface area (Å²) in [6.07, 6.45) is 1.21. The third-order valence-electron chi connectivity index (χ3n) is 2.32. The van der Waals surface area contributed by atoms with Crippen LogP contribution in [0.2, 0.25) is 58.9 Å². The second-order valence-corrected chi connectivity index (χ2v) is 22.5. The van der Waals surface area contributed by atoms with Crippen LogP contribution in [-0.2, 0) is 13.6 Å². The molecule has 6 nitrogen and oxygen atoms in total. The van der Waals surface area contributed by atoms with E-state index in [1.165, 1.54) is 0 Å². The highest BCUT2D eigenvalue weighted by Crippen LogP contribution is 2.10. The number of oxime groups is 3. The van der Waals surface area contributed by atoms with E-state index in [9.17, 15) is 0 Å². The Kier molecular flexibility index (Phi) is 9.31. The van der Waals surface area contributed by atoms with Crippen LogP contribution in [0.15, 0.2) is 15.5 Å². The number of hydrogen-bond acceptors (Lipinski definition) is 6. The van der Waals surface area contributed by atoms with Crippen molar-refractivity contribution in [2.45, 2.75) is 85.6 Å². The number of hydrogen-bond donors (Lipinski definition) is 0. The lowest BCUT2D eigenvalue weighted by molar-refractivity contribution is 0.330. The standard InChI is InChI=1S/C16H37N3O3Si3/c1-14(17-20-23(3,4)5)12-16(19-22-25(9,10)11)13-15(2)18-21-24(6,7)8/h12-13H2,1-11H3/b17-14+,18-15+. The Morgan fingerprint density at radius 1 is 0.560 bits per heavy atom. The molecule has 0 aliphatic heterocycles. The van der Waals surface area contributed by atoms with E-state index < -0.39 is 25.0 Å². The topological polar surface area (TPSA) is 64.8 Å². The van der Waals surface area contributed by atoms with Crippen LogP contribution in [0.5, 0.6) is 0 Å². The average molecular weight is 404 g/mol. The van der Waals surface area contributed by atoms with Gasteiger partial charge in [-0.3, -0.25) is 0 Å². The Morgan fingerprint density at radius 3 is 1.12 bits per heavy atom. The Hall–Kier alpha value is -0.939. The first-order valence-corrected chi connectivity index (χ1v) is 19.0. The lowest BCUT2D eigenvalue weighted by atomic mass is 10.1. The van der Waals surface area contributed by atoms with Crippen molar-refractivity contribution in [3.63, 3.8) is 0 Å². The van der Waals surface area contributed by atoms with E-state index in [2.05, 4.69) is 74.4 Å². The maximum absolute atomic E-state index is 5.74. The first kappa shape index (κ1) is 24.1. The Labute approximate surface area is 157 Å². The summed E-state index contributed by atoms with van der Waals surface area (Å²) in [5.41, 5.74) is 2.67. The molecule has 0 radical (unpaired) electrons. The predicted octanol–water partition coefficient (Wildman–Crippen LogP) is 5.43. The molecule has 0 spiro atoms. The molecule has 0 aromatic carbocycles. The molecule has 0 saturated heterocycles. The van der Waals surface area contributed by atoms with Gasteiger partial charge in [-0.2, -0.15) is 0 Å². The van der Waals surface area contributed by atoms with Gasteiger partial charge in [0.25, 0.3) is 25.0 Å². The van der Waals surface area contributed by atoms with Gasteiger partial charge in [0.05, 0.1) is 17.1 Å². The molecule has 0 amide bonds. The van der Waals surface area contributed by atoms with Gasteiger partial charge in [0.15, 0.2) is 0 Å². The minimum atomic E-state index is -1.73. The minimum Gasteiger partial charge on any atom is -0.456 e. The molecule has 0 saturated carbocycles. The van der Waals surface area contributed by atoms with Crippen molar-refractivity contribution in [3.05, 3.63) is 0 Å². The molecule has 146 valence electrons. The maximum atomic E-state index is 5.74. The van der Waals surface area contributed by atoms with Crippen LogP contribution in [0.4, 0.5) is 0 Å². The zero-order chi connectivity index (χ0) is 19.9. The van der Waals surface area contributed by atoms with Crippen molar-refractivity contribution in [2.75, 3.05) is 0 Å². The summed E-state index contributed by atoms with van der Waals surface area (Å²) >= 11 is 0. The van der Waals surface area contributed by atoms with Crippen molar-refractivity contribution in [1.82, 2.24) is 0 Å². The highest BCUT2D eigenvalue weighted by atomic mass is 28.4. The lowest BCUT2D eigenvalue weighted by Gasteiger charge is -2.17. The molecule has 9 heteroatoms. The van der Waals surface area contributed by atoms with Gasteiger partial charge in [0.2, 0.25) is 0 Å². The molecule has 0 aliphatic rings. The van der Waals surface area contributed by atoms with E-state index in [4.69, 9.17) is 13.6 Å². The molecule has 0 aromatic rings. The second kappa shape index (κ2) is 9.67. The summed E-state index contributed by atoms with van der Waals surface area (Å²) in [5.74, 6) is 0. The molecule has 0 fully saturated rings. The van der Waals surface area contributed by atoms with E-state index >= 15 is 0 Å². The second-order valence-electron chi connectivity index (χ2n) is 9.28. The smallest absolute Gasteiger partial charge is 0.278 e. The van der Waals surface area contributed by atoms with Gasteiger partial charge in [-0.25, -0.2) is 0 Å². The molecule has 0 rings (SSSR count). The lowest BCUT2D eigenvalue weighted by Crippen LogP contribution is -2.25. The molecule has 0 aliphatic carbocycles. The molecule has 25 heavy (non-hydrogen) atoms. The summed E-state index contributed by atoms with van der Waals surface area (Å²) in [6.45, 7) is 22.9. The molecule has 0 bridgehead atoms.